The van der Waals surface area contributed by atoms with E-state index in [-0.39, 0.29) is 6.09 Å². The van der Waals surface area contributed by atoms with Gasteiger partial charge in [-0.2, -0.15) is 0 Å². The minimum Gasteiger partial charge on any atom is -0.450 e. The Bertz CT molecular complexity index is 211. The van der Waals surface area contributed by atoms with Crippen molar-refractivity contribution >= 4 is 6.09 Å². The molecule has 0 aromatic rings. The summed E-state index contributed by atoms with van der Waals surface area (Å²) >= 11 is 0. The van der Waals surface area contributed by atoms with Crippen molar-refractivity contribution in [3.05, 3.63) is 0 Å². The molecule has 15 heavy (non-hydrogen) atoms. The average Bonchev–Trinajstić information content (AvgIpc) is 2.19. The molecule has 1 fully saturated rings. The Kier molecular flexibility index (Phi) is 4.35. The lowest BCUT2D eigenvalue weighted by Crippen LogP contribution is -2.48. The third kappa shape index (κ3) is 3.35. The van der Waals surface area contributed by atoms with E-state index in [1.54, 1.807) is 18.9 Å². The van der Waals surface area contributed by atoms with Crippen molar-refractivity contribution in [2.24, 2.45) is 0 Å². The molecule has 1 rings (SSSR count). The van der Waals surface area contributed by atoms with Gasteiger partial charge in [-0.1, -0.05) is 0 Å². The topological polar surface area (TPSA) is 59.0 Å². The fraction of sp³-hybridized carbons (Fsp3) is 0.900. The maximum atomic E-state index is 11.4. The smallest absolute Gasteiger partial charge is 0.409 e. The third-order valence-electron chi connectivity index (χ3n) is 2.63. The van der Waals surface area contributed by atoms with Crippen molar-refractivity contribution in [2.75, 3.05) is 33.4 Å². The van der Waals surface area contributed by atoms with Gasteiger partial charge in [0.25, 0.3) is 0 Å². The summed E-state index contributed by atoms with van der Waals surface area (Å²) in [7, 11) is 1.57. The van der Waals surface area contributed by atoms with Crippen molar-refractivity contribution in [3.63, 3.8) is 0 Å². The zero-order valence-electron chi connectivity index (χ0n) is 9.36. The highest BCUT2D eigenvalue weighted by atomic mass is 16.6. The number of methoxy groups -OCH3 is 1. The second kappa shape index (κ2) is 5.32. The highest BCUT2D eigenvalue weighted by molar-refractivity contribution is 5.67. The molecule has 0 spiro atoms. The summed E-state index contributed by atoms with van der Waals surface area (Å²) in [6.07, 6.45) is 0.788. The lowest BCUT2D eigenvalue weighted by atomic mass is 9.92. The molecule has 0 aliphatic carbocycles. The number of amides is 1. The average molecular weight is 217 g/mol. The molecule has 1 heterocycles. The number of hydrogen-bond acceptors (Lipinski definition) is 4. The number of aliphatic hydroxyl groups is 1. The number of hydrogen-bond donors (Lipinski definition) is 1. The van der Waals surface area contributed by atoms with Crippen LogP contribution in [-0.2, 0) is 9.47 Å². The molecular weight excluding hydrogens is 198 g/mol. The maximum absolute atomic E-state index is 11.4. The molecule has 0 radical (unpaired) electrons. The fourth-order valence-corrected chi connectivity index (χ4v) is 1.73. The summed E-state index contributed by atoms with van der Waals surface area (Å²) in [6.45, 7) is 3.54. The molecule has 1 aliphatic rings. The minimum atomic E-state index is -0.780. The van der Waals surface area contributed by atoms with Crippen LogP contribution in [0.1, 0.15) is 19.8 Å². The van der Waals surface area contributed by atoms with Crippen LogP contribution in [0.5, 0.6) is 0 Å². The normalized spacial score (nSPS) is 20.1. The Hall–Kier alpha value is -0.810. The van der Waals surface area contributed by atoms with E-state index in [4.69, 9.17) is 9.47 Å². The molecule has 1 aliphatic heterocycles. The van der Waals surface area contributed by atoms with Crippen LogP contribution in [0.3, 0.4) is 0 Å². The van der Waals surface area contributed by atoms with E-state index in [9.17, 15) is 9.90 Å². The molecule has 0 aromatic carbocycles. The van der Waals surface area contributed by atoms with Crippen molar-refractivity contribution in [1.82, 2.24) is 4.90 Å². The monoisotopic (exact) mass is 217 g/mol. The van der Waals surface area contributed by atoms with Crippen molar-refractivity contribution < 1.29 is 19.4 Å². The standard InChI is InChI=1S/C10H19NO4/c1-3-15-9(12)11-6-4-10(13,5-7-11)8-14-2/h13H,3-8H2,1-2H3. The third-order valence-corrected chi connectivity index (χ3v) is 2.63. The van der Waals surface area contributed by atoms with Crippen molar-refractivity contribution in [1.29, 1.82) is 0 Å². The molecule has 88 valence electrons. The number of likely N-dealkylation sites (tertiary alicyclic amines) is 1. The lowest BCUT2D eigenvalue weighted by molar-refractivity contribution is -0.0683. The molecule has 0 atom stereocenters. The molecule has 0 unspecified atom stereocenters. The summed E-state index contributed by atoms with van der Waals surface area (Å²) in [5.74, 6) is 0. The molecule has 1 N–H and O–H groups in total. The van der Waals surface area contributed by atoms with E-state index in [1.807, 2.05) is 0 Å². The van der Waals surface area contributed by atoms with Crippen LogP contribution in [0.25, 0.3) is 0 Å². The summed E-state index contributed by atoms with van der Waals surface area (Å²) in [5, 5.41) is 10.00. The van der Waals surface area contributed by atoms with Crippen LogP contribution in [0.15, 0.2) is 0 Å². The summed E-state index contributed by atoms with van der Waals surface area (Å²) in [4.78, 5) is 13.0. The van der Waals surface area contributed by atoms with Crippen LogP contribution in [0, 0.1) is 0 Å². The van der Waals surface area contributed by atoms with Gasteiger partial charge < -0.3 is 19.5 Å². The van der Waals surface area contributed by atoms with E-state index < -0.39 is 5.60 Å². The minimum absolute atomic E-state index is 0.294. The number of carbonyl (C=O) groups excluding carboxylic acids is 1. The quantitative estimate of drug-likeness (QED) is 0.752. The Labute approximate surface area is 90.0 Å². The largest absolute Gasteiger partial charge is 0.450 e. The Morgan fingerprint density at radius 1 is 1.47 bits per heavy atom. The van der Waals surface area contributed by atoms with Crippen molar-refractivity contribution in [3.8, 4) is 0 Å². The molecule has 0 aromatic heterocycles. The lowest BCUT2D eigenvalue weighted by Gasteiger charge is -2.36. The van der Waals surface area contributed by atoms with E-state index in [0.717, 1.165) is 0 Å². The maximum Gasteiger partial charge on any atom is 0.409 e. The number of nitrogens with zero attached hydrogens (tertiary/aromatic N) is 1. The van der Waals surface area contributed by atoms with Gasteiger partial charge in [0.1, 0.15) is 0 Å². The van der Waals surface area contributed by atoms with Crippen molar-refractivity contribution in [2.45, 2.75) is 25.4 Å². The zero-order valence-corrected chi connectivity index (χ0v) is 9.36. The van der Waals surface area contributed by atoms with Gasteiger partial charge in [0.15, 0.2) is 0 Å². The van der Waals surface area contributed by atoms with Crippen LogP contribution < -0.4 is 0 Å². The van der Waals surface area contributed by atoms with Gasteiger partial charge >= 0.3 is 6.09 Å². The molecule has 1 amide bonds. The number of piperidine rings is 1. The predicted molar refractivity (Wildman–Crippen MR) is 54.7 cm³/mol. The first-order chi connectivity index (χ1) is 7.11. The predicted octanol–water partition coefficient (Wildman–Crippen LogP) is 0.616. The van der Waals surface area contributed by atoms with Crippen LogP contribution in [-0.4, -0.2) is 55.1 Å². The number of carbonyl (C=O) groups is 1. The molecule has 0 bridgehead atoms. The first-order valence-corrected chi connectivity index (χ1v) is 5.24. The second-order valence-corrected chi connectivity index (χ2v) is 3.84. The van der Waals surface area contributed by atoms with Crippen LogP contribution in [0.4, 0.5) is 4.79 Å². The van der Waals surface area contributed by atoms with Gasteiger partial charge in [-0.05, 0) is 19.8 Å². The zero-order chi connectivity index (χ0) is 11.3. The molecule has 1 saturated heterocycles. The van der Waals surface area contributed by atoms with E-state index >= 15 is 0 Å². The van der Waals surface area contributed by atoms with Gasteiger partial charge in [-0.3, -0.25) is 0 Å². The molecule has 5 nitrogen and oxygen atoms in total. The number of rotatable bonds is 3. The highest BCUT2D eigenvalue weighted by Crippen LogP contribution is 2.22. The summed E-state index contributed by atoms with van der Waals surface area (Å²) in [5.41, 5.74) is -0.780. The Balaban J connectivity index is 2.38. The summed E-state index contributed by atoms with van der Waals surface area (Å²) in [6, 6.07) is 0. The Morgan fingerprint density at radius 3 is 2.53 bits per heavy atom. The molecule has 5 heteroatoms. The SMILES string of the molecule is CCOC(=O)N1CCC(O)(COC)CC1. The van der Waals surface area contributed by atoms with Gasteiger partial charge in [0.05, 0.1) is 18.8 Å². The summed E-state index contributed by atoms with van der Waals surface area (Å²) < 4.78 is 9.83. The van der Waals surface area contributed by atoms with Crippen LogP contribution >= 0.6 is 0 Å². The van der Waals surface area contributed by atoms with Gasteiger partial charge in [-0.25, -0.2) is 4.79 Å². The number of ether oxygens (including phenoxy) is 2. The molecule has 0 saturated carbocycles. The fourth-order valence-electron chi connectivity index (χ4n) is 1.73. The highest BCUT2D eigenvalue weighted by Gasteiger charge is 2.34. The van der Waals surface area contributed by atoms with Crippen LogP contribution in [0.2, 0.25) is 0 Å². The first kappa shape index (κ1) is 12.3. The van der Waals surface area contributed by atoms with Gasteiger partial charge in [0, 0.05) is 20.2 Å². The molecular formula is C10H19NO4. The Morgan fingerprint density at radius 2 is 2.07 bits per heavy atom. The van der Waals surface area contributed by atoms with E-state index in [0.29, 0.717) is 39.1 Å². The first-order valence-electron chi connectivity index (χ1n) is 5.24. The second-order valence-electron chi connectivity index (χ2n) is 3.84. The van der Waals surface area contributed by atoms with Gasteiger partial charge in [-0.15, -0.1) is 0 Å². The van der Waals surface area contributed by atoms with E-state index in [2.05, 4.69) is 0 Å². The van der Waals surface area contributed by atoms with Gasteiger partial charge in [0.2, 0.25) is 0 Å². The van der Waals surface area contributed by atoms with E-state index in [1.165, 1.54) is 0 Å².